The molecule has 1 atom stereocenters. The van der Waals surface area contributed by atoms with E-state index in [1.807, 2.05) is 60.8 Å². The van der Waals surface area contributed by atoms with Crippen LogP contribution >= 0.6 is 11.6 Å². The minimum absolute atomic E-state index is 0.0986. The van der Waals surface area contributed by atoms with Crippen LogP contribution in [0.15, 0.2) is 79.0 Å². The third-order valence-corrected chi connectivity index (χ3v) is 5.44. The van der Waals surface area contributed by atoms with Crippen molar-refractivity contribution in [2.75, 3.05) is 13.7 Å². The smallest absolute Gasteiger partial charge is 0.255 e. The maximum atomic E-state index is 12.8. The van der Waals surface area contributed by atoms with Crippen LogP contribution in [0.3, 0.4) is 0 Å². The second-order valence-electron chi connectivity index (χ2n) is 6.77. The number of carbonyl (C=O) groups excluding carboxylic acids is 1. The number of halogens is 1. The van der Waals surface area contributed by atoms with Gasteiger partial charge in [0.05, 0.1) is 12.7 Å². The molecule has 29 heavy (non-hydrogen) atoms. The van der Waals surface area contributed by atoms with E-state index in [1.165, 1.54) is 0 Å². The molecule has 1 aromatic heterocycles. The summed E-state index contributed by atoms with van der Waals surface area (Å²) in [5.41, 5.74) is 3.62. The maximum absolute atomic E-state index is 12.8. The largest absolute Gasteiger partial charge is 0.496 e. The Morgan fingerprint density at radius 1 is 1.00 bits per heavy atom. The van der Waals surface area contributed by atoms with Gasteiger partial charge in [-0.2, -0.15) is 0 Å². The van der Waals surface area contributed by atoms with E-state index in [0.29, 0.717) is 22.9 Å². The van der Waals surface area contributed by atoms with Crippen molar-refractivity contribution in [1.29, 1.82) is 0 Å². The summed E-state index contributed by atoms with van der Waals surface area (Å²) in [7, 11) is 1.56. The summed E-state index contributed by atoms with van der Waals surface area (Å²) in [6.45, 7) is 0.405. The molecule has 0 saturated carbocycles. The minimum atomic E-state index is -0.181. The number of para-hydroxylation sites is 2. The van der Waals surface area contributed by atoms with Crippen LogP contribution in [0.4, 0.5) is 0 Å². The van der Waals surface area contributed by atoms with Crippen LogP contribution in [0.2, 0.25) is 5.02 Å². The molecule has 146 valence electrons. The Morgan fingerprint density at radius 3 is 2.55 bits per heavy atom. The van der Waals surface area contributed by atoms with Crippen LogP contribution in [0.25, 0.3) is 10.9 Å². The summed E-state index contributed by atoms with van der Waals surface area (Å²) in [6, 6.07) is 23.1. The molecule has 0 spiro atoms. The summed E-state index contributed by atoms with van der Waals surface area (Å²) in [5.74, 6) is 0.268. The highest BCUT2D eigenvalue weighted by molar-refractivity contribution is 6.31. The zero-order valence-electron chi connectivity index (χ0n) is 16.0. The topological polar surface area (TPSA) is 54.1 Å². The second kappa shape index (κ2) is 8.41. The van der Waals surface area contributed by atoms with E-state index in [-0.39, 0.29) is 11.8 Å². The fourth-order valence-electron chi connectivity index (χ4n) is 3.65. The van der Waals surface area contributed by atoms with E-state index < -0.39 is 0 Å². The number of rotatable bonds is 6. The molecule has 0 unspecified atom stereocenters. The SMILES string of the molecule is COc1ccccc1C(=O)NC[C@H](c1ccccc1Cl)c1c[nH]c2ccccc12. The minimum Gasteiger partial charge on any atom is -0.496 e. The second-order valence-corrected chi connectivity index (χ2v) is 7.18. The molecule has 1 amide bonds. The highest BCUT2D eigenvalue weighted by Gasteiger charge is 2.22. The van der Waals surface area contributed by atoms with E-state index in [4.69, 9.17) is 16.3 Å². The van der Waals surface area contributed by atoms with Crippen molar-refractivity contribution in [3.63, 3.8) is 0 Å². The van der Waals surface area contributed by atoms with Gasteiger partial charge in [-0.1, -0.05) is 60.1 Å². The van der Waals surface area contributed by atoms with Gasteiger partial charge < -0.3 is 15.0 Å². The summed E-state index contributed by atoms with van der Waals surface area (Å²) in [5, 5.41) is 4.85. The molecule has 3 aromatic carbocycles. The van der Waals surface area contributed by atoms with Gasteiger partial charge in [0.15, 0.2) is 0 Å². The Hall–Kier alpha value is -3.24. The molecule has 5 heteroatoms. The van der Waals surface area contributed by atoms with Gasteiger partial charge in [-0.3, -0.25) is 4.79 Å². The van der Waals surface area contributed by atoms with Crippen molar-refractivity contribution in [2.45, 2.75) is 5.92 Å². The number of fused-ring (bicyclic) bond motifs is 1. The third-order valence-electron chi connectivity index (χ3n) is 5.10. The molecule has 0 radical (unpaired) electrons. The lowest BCUT2D eigenvalue weighted by atomic mass is 9.90. The first-order chi connectivity index (χ1) is 14.2. The number of nitrogens with one attached hydrogen (secondary N) is 2. The quantitative estimate of drug-likeness (QED) is 0.452. The lowest BCUT2D eigenvalue weighted by molar-refractivity contribution is 0.0949. The Bertz CT molecular complexity index is 1150. The van der Waals surface area contributed by atoms with E-state index in [1.54, 1.807) is 19.2 Å². The van der Waals surface area contributed by atoms with Crippen LogP contribution in [0.1, 0.15) is 27.4 Å². The summed E-state index contributed by atoms with van der Waals surface area (Å²) >= 11 is 6.52. The number of carbonyl (C=O) groups is 1. The van der Waals surface area contributed by atoms with Gasteiger partial charge in [-0.25, -0.2) is 0 Å². The first-order valence-electron chi connectivity index (χ1n) is 9.40. The normalized spacial score (nSPS) is 11.9. The van der Waals surface area contributed by atoms with Gasteiger partial charge in [-0.05, 0) is 35.4 Å². The molecule has 0 saturated heterocycles. The van der Waals surface area contributed by atoms with Crippen molar-refractivity contribution in [3.05, 3.63) is 101 Å². The maximum Gasteiger partial charge on any atom is 0.255 e. The van der Waals surface area contributed by atoms with E-state index in [2.05, 4.69) is 16.4 Å². The monoisotopic (exact) mass is 404 g/mol. The highest BCUT2D eigenvalue weighted by atomic mass is 35.5. The molecule has 2 N–H and O–H groups in total. The number of benzene rings is 3. The predicted molar refractivity (Wildman–Crippen MR) is 117 cm³/mol. The standard InChI is InChI=1S/C24H21ClN2O2/c1-29-23-13-7-4-10-18(23)24(28)27-15-19(16-8-2-5-11-21(16)25)20-14-26-22-12-6-3-9-17(20)22/h2-14,19,26H,15H2,1H3,(H,27,28)/t19-/m1/s1. The van der Waals surface area contributed by atoms with E-state index in [9.17, 15) is 4.79 Å². The van der Waals surface area contributed by atoms with Gasteiger partial charge in [0.1, 0.15) is 5.75 Å². The molecule has 0 aliphatic rings. The summed E-state index contributed by atoms with van der Waals surface area (Å²) in [6.07, 6.45) is 1.99. The van der Waals surface area contributed by atoms with Crippen LogP contribution in [-0.2, 0) is 0 Å². The van der Waals surface area contributed by atoms with E-state index in [0.717, 1.165) is 22.0 Å². The zero-order valence-corrected chi connectivity index (χ0v) is 16.7. The van der Waals surface area contributed by atoms with Gasteiger partial charge in [0, 0.05) is 34.6 Å². The molecule has 0 aliphatic heterocycles. The van der Waals surface area contributed by atoms with Crippen LogP contribution in [0.5, 0.6) is 5.75 Å². The Morgan fingerprint density at radius 2 is 1.72 bits per heavy atom. The Balaban J connectivity index is 1.68. The number of H-pyrrole nitrogens is 1. The Labute approximate surface area is 174 Å². The number of hydrogen-bond acceptors (Lipinski definition) is 2. The number of ether oxygens (including phenoxy) is 1. The fourth-order valence-corrected chi connectivity index (χ4v) is 3.92. The molecule has 1 heterocycles. The average molecular weight is 405 g/mol. The number of amides is 1. The first-order valence-corrected chi connectivity index (χ1v) is 9.78. The molecule has 0 aliphatic carbocycles. The predicted octanol–water partition coefficient (Wildman–Crippen LogP) is 5.39. The molecule has 0 bridgehead atoms. The molecule has 4 nitrogen and oxygen atoms in total. The number of hydrogen-bond donors (Lipinski definition) is 2. The zero-order chi connectivity index (χ0) is 20.2. The van der Waals surface area contributed by atoms with Crippen molar-refractivity contribution >= 4 is 28.4 Å². The number of aromatic nitrogens is 1. The fraction of sp³-hybridized carbons (Fsp3) is 0.125. The van der Waals surface area contributed by atoms with Crippen molar-refractivity contribution < 1.29 is 9.53 Å². The van der Waals surface area contributed by atoms with Crippen molar-refractivity contribution in [1.82, 2.24) is 10.3 Å². The van der Waals surface area contributed by atoms with Gasteiger partial charge in [-0.15, -0.1) is 0 Å². The molecule has 4 aromatic rings. The van der Waals surface area contributed by atoms with Gasteiger partial charge in [0.25, 0.3) is 5.91 Å². The first kappa shape index (κ1) is 19.1. The molecular weight excluding hydrogens is 384 g/mol. The van der Waals surface area contributed by atoms with Crippen molar-refractivity contribution in [2.24, 2.45) is 0 Å². The van der Waals surface area contributed by atoms with Gasteiger partial charge >= 0.3 is 0 Å². The molecule has 4 rings (SSSR count). The molecule has 0 fully saturated rings. The van der Waals surface area contributed by atoms with Gasteiger partial charge in [0.2, 0.25) is 0 Å². The van der Waals surface area contributed by atoms with E-state index >= 15 is 0 Å². The number of methoxy groups -OCH3 is 1. The lowest BCUT2D eigenvalue weighted by Crippen LogP contribution is -2.29. The lowest BCUT2D eigenvalue weighted by Gasteiger charge is -2.20. The summed E-state index contributed by atoms with van der Waals surface area (Å²) < 4.78 is 5.32. The number of aromatic amines is 1. The highest BCUT2D eigenvalue weighted by Crippen LogP contribution is 2.34. The summed E-state index contributed by atoms with van der Waals surface area (Å²) in [4.78, 5) is 16.2. The van der Waals surface area contributed by atoms with Crippen molar-refractivity contribution in [3.8, 4) is 5.75 Å². The molecular formula is C24H21ClN2O2. The Kier molecular flexibility index (Phi) is 5.54. The van der Waals surface area contributed by atoms with Crippen LogP contribution in [0, 0.1) is 0 Å². The van der Waals surface area contributed by atoms with Crippen LogP contribution < -0.4 is 10.1 Å². The van der Waals surface area contributed by atoms with Crippen LogP contribution in [-0.4, -0.2) is 24.5 Å². The average Bonchev–Trinajstić information content (AvgIpc) is 3.19. The third kappa shape index (κ3) is 3.84.